The highest BCUT2D eigenvalue weighted by atomic mass is 16.5. The molecule has 1 aromatic heterocycles. The number of methoxy groups -OCH3 is 1. The summed E-state index contributed by atoms with van der Waals surface area (Å²) >= 11 is 0. The molecule has 11 nitrogen and oxygen atoms in total. The van der Waals surface area contributed by atoms with Crippen molar-refractivity contribution in [3.8, 4) is 0 Å². The van der Waals surface area contributed by atoms with E-state index in [0.29, 0.717) is 38.4 Å². The number of hydrogen-bond acceptors (Lipinski definition) is 7. The van der Waals surface area contributed by atoms with Crippen LogP contribution in [0.15, 0.2) is 10.6 Å². The Morgan fingerprint density at radius 3 is 2.71 bits per heavy atom. The topological polar surface area (TPSA) is 129 Å². The van der Waals surface area contributed by atoms with Crippen molar-refractivity contribution in [2.24, 2.45) is 0 Å². The number of nitrogens with one attached hydrogen (secondary N) is 3. The second-order valence-electron chi connectivity index (χ2n) is 8.53. The number of nitrogens with zero attached hydrogens (tertiary/aromatic N) is 3. The van der Waals surface area contributed by atoms with Gasteiger partial charge in [0.1, 0.15) is 18.4 Å². The Labute approximate surface area is 181 Å². The van der Waals surface area contributed by atoms with Crippen LogP contribution in [0, 0.1) is 6.92 Å². The van der Waals surface area contributed by atoms with E-state index in [1.165, 1.54) is 7.11 Å². The lowest BCUT2D eigenvalue weighted by Gasteiger charge is -2.24. The van der Waals surface area contributed by atoms with Crippen molar-refractivity contribution >= 4 is 17.8 Å². The van der Waals surface area contributed by atoms with Crippen molar-refractivity contribution in [3.05, 3.63) is 17.5 Å². The van der Waals surface area contributed by atoms with E-state index in [1.54, 1.807) is 4.90 Å². The van der Waals surface area contributed by atoms with Crippen LogP contribution >= 0.6 is 0 Å². The fraction of sp³-hybridized carbons (Fsp3) is 0.700. The molecule has 2 fully saturated rings. The second kappa shape index (κ2) is 10.1. The maximum absolute atomic E-state index is 13.3. The van der Waals surface area contributed by atoms with Gasteiger partial charge in [0.25, 0.3) is 0 Å². The number of hydrogen-bond donors (Lipinski definition) is 3. The summed E-state index contributed by atoms with van der Waals surface area (Å²) < 4.78 is 10.1. The second-order valence-corrected chi connectivity index (χ2v) is 8.53. The number of amides is 4. The molecule has 0 radical (unpaired) electrons. The number of fused-ring (bicyclic) bond motifs is 1. The van der Waals surface area contributed by atoms with Crippen LogP contribution in [0.5, 0.6) is 0 Å². The fourth-order valence-electron chi connectivity index (χ4n) is 4.19. The van der Waals surface area contributed by atoms with Crippen molar-refractivity contribution in [3.63, 3.8) is 0 Å². The first-order chi connectivity index (χ1) is 14.7. The molecule has 2 saturated heterocycles. The molecule has 4 amide bonds. The average molecular weight is 437 g/mol. The molecule has 1 aromatic rings. The van der Waals surface area contributed by atoms with Gasteiger partial charge in [-0.2, -0.15) is 0 Å². The standard InChI is InChI=1S/C20H32N6O5/c1-12(2)21-20(29)22-14-6-16-9-25(7-15-5-13(3)31-24-15)10-17(19(28)26(16)8-14)23-18(27)11-30-4/h5,12,14,16-17H,6-11H2,1-4H3,(H,23,27)(H2,21,22,29)/t14-,16-,17-/m0/s1. The van der Waals surface area contributed by atoms with Crippen LogP contribution in [0.1, 0.15) is 31.7 Å². The number of urea groups is 1. The van der Waals surface area contributed by atoms with E-state index < -0.39 is 6.04 Å². The van der Waals surface area contributed by atoms with Gasteiger partial charge in [0.15, 0.2) is 0 Å². The Bertz CT molecular complexity index is 797. The van der Waals surface area contributed by atoms with E-state index >= 15 is 0 Å². The first-order valence-corrected chi connectivity index (χ1v) is 10.6. The average Bonchev–Trinajstić information content (AvgIpc) is 3.22. The summed E-state index contributed by atoms with van der Waals surface area (Å²) in [6.45, 7) is 7.37. The predicted molar refractivity (Wildman–Crippen MR) is 111 cm³/mol. The van der Waals surface area contributed by atoms with Crippen molar-refractivity contribution in [1.29, 1.82) is 0 Å². The normalized spacial score (nSPS) is 24.1. The lowest BCUT2D eigenvalue weighted by molar-refractivity contribution is -0.137. The number of rotatable bonds is 7. The SMILES string of the molecule is COCC(=O)N[C@H]1CN(Cc2cc(C)on2)C[C@@H]2C[C@H](NC(=O)NC(C)C)CN2C1=O. The van der Waals surface area contributed by atoms with E-state index in [2.05, 4.69) is 26.0 Å². The molecule has 11 heteroatoms. The highest BCUT2D eigenvalue weighted by Crippen LogP contribution is 2.24. The molecule has 3 N–H and O–H groups in total. The maximum Gasteiger partial charge on any atom is 0.315 e. The van der Waals surface area contributed by atoms with Crippen LogP contribution < -0.4 is 16.0 Å². The number of ether oxygens (including phenoxy) is 1. The zero-order valence-electron chi connectivity index (χ0n) is 18.5. The Balaban J connectivity index is 1.73. The van der Waals surface area contributed by atoms with Crippen LogP contribution in [0.2, 0.25) is 0 Å². The van der Waals surface area contributed by atoms with E-state index in [-0.39, 0.29) is 42.6 Å². The predicted octanol–water partition coefficient (Wildman–Crippen LogP) is -0.393. The first kappa shape index (κ1) is 23.0. The number of carbonyl (C=O) groups is 3. The summed E-state index contributed by atoms with van der Waals surface area (Å²) in [5.74, 6) is 0.220. The molecule has 2 aliphatic heterocycles. The Kier molecular flexibility index (Phi) is 7.50. The molecule has 0 bridgehead atoms. The minimum atomic E-state index is -0.705. The molecule has 0 saturated carbocycles. The molecule has 172 valence electrons. The first-order valence-electron chi connectivity index (χ1n) is 10.6. The fourth-order valence-corrected chi connectivity index (χ4v) is 4.19. The monoisotopic (exact) mass is 436 g/mol. The van der Waals surface area contributed by atoms with Gasteiger partial charge in [0.2, 0.25) is 11.8 Å². The van der Waals surface area contributed by atoms with Crippen LogP contribution in [-0.2, 0) is 20.9 Å². The van der Waals surface area contributed by atoms with E-state index in [9.17, 15) is 14.4 Å². The number of aryl methyl sites for hydroxylation is 1. The third-order valence-corrected chi connectivity index (χ3v) is 5.33. The third kappa shape index (κ3) is 6.17. The number of carbonyl (C=O) groups excluding carboxylic acids is 3. The zero-order chi connectivity index (χ0) is 22.5. The van der Waals surface area contributed by atoms with Gasteiger partial charge in [-0.05, 0) is 27.2 Å². The minimum absolute atomic E-state index is 0.0237. The molecule has 2 aliphatic rings. The van der Waals surface area contributed by atoms with Gasteiger partial charge in [-0.25, -0.2) is 4.79 Å². The van der Waals surface area contributed by atoms with Gasteiger partial charge < -0.3 is 30.1 Å². The Morgan fingerprint density at radius 1 is 1.29 bits per heavy atom. The van der Waals surface area contributed by atoms with Gasteiger partial charge in [0.05, 0.1) is 11.7 Å². The molecular formula is C20H32N6O5. The molecule has 0 aromatic carbocycles. The Hall–Kier alpha value is -2.66. The zero-order valence-corrected chi connectivity index (χ0v) is 18.5. The molecule has 0 aliphatic carbocycles. The molecule has 3 atom stereocenters. The molecule has 3 rings (SSSR count). The molecule has 0 unspecified atom stereocenters. The molecule has 31 heavy (non-hydrogen) atoms. The summed E-state index contributed by atoms with van der Waals surface area (Å²) in [6, 6.07) is 0.703. The van der Waals surface area contributed by atoms with Crippen molar-refractivity contribution < 1.29 is 23.6 Å². The van der Waals surface area contributed by atoms with Crippen molar-refractivity contribution in [1.82, 2.24) is 30.9 Å². The molecular weight excluding hydrogens is 404 g/mol. The van der Waals surface area contributed by atoms with Crippen LogP contribution in [0.4, 0.5) is 4.79 Å². The van der Waals surface area contributed by atoms with E-state index in [1.807, 2.05) is 26.8 Å². The van der Waals surface area contributed by atoms with Crippen LogP contribution in [-0.4, -0.2) is 90.3 Å². The summed E-state index contributed by atoms with van der Waals surface area (Å²) in [5.41, 5.74) is 0.768. The lowest BCUT2D eigenvalue weighted by atomic mass is 10.1. The van der Waals surface area contributed by atoms with E-state index in [0.717, 1.165) is 5.69 Å². The molecule has 3 heterocycles. The minimum Gasteiger partial charge on any atom is -0.375 e. The Morgan fingerprint density at radius 2 is 2.06 bits per heavy atom. The van der Waals surface area contributed by atoms with Gasteiger partial charge in [-0.1, -0.05) is 5.16 Å². The summed E-state index contributed by atoms with van der Waals surface area (Å²) in [5, 5.41) is 12.6. The van der Waals surface area contributed by atoms with Gasteiger partial charge >= 0.3 is 6.03 Å². The summed E-state index contributed by atoms with van der Waals surface area (Å²) in [7, 11) is 1.43. The smallest absolute Gasteiger partial charge is 0.315 e. The van der Waals surface area contributed by atoms with Gasteiger partial charge in [-0.3, -0.25) is 14.5 Å². The number of aromatic nitrogens is 1. The van der Waals surface area contributed by atoms with Gasteiger partial charge in [0, 0.05) is 51.4 Å². The lowest BCUT2D eigenvalue weighted by Crippen LogP contribution is -2.52. The molecule has 0 spiro atoms. The van der Waals surface area contributed by atoms with E-state index in [4.69, 9.17) is 9.26 Å². The van der Waals surface area contributed by atoms with Crippen molar-refractivity contribution in [2.45, 2.75) is 57.9 Å². The largest absolute Gasteiger partial charge is 0.375 e. The van der Waals surface area contributed by atoms with Gasteiger partial charge in [-0.15, -0.1) is 0 Å². The summed E-state index contributed by atoms with van der Waals surface area (Å²) in [6.07, 6.45) is 0.643. The van der Waals surface area contributed by atoms with Crippen molar-refractivity contribution in [2.75, 3.05) is 33.4 Å². The maximum atomic E-state index is 13.3. The van der Waals surface area contributed by atoms with Crippen LogP contribution in [0.3, 0.4) is 0 Å². The summed E-state index contributed by atoms with van der Waals surface area (Å²) in [4.78, 5) is 41.4. The quantitative estimate of drug-likeness (QED) is 0.531. The highest BCUT2D eigenvalue weighted by molar-refractivity contribution is 5.89. The van der Waals surface area contributed by atoms with Crippen LogP contribution in [0.25, 0.3) is 0 Å². The third-order valence-electron chi connectivity index (χ3n) is 5.33. The highest BCUT2D eigenvalue weighted by Gasteiger charge is 2.43.